The predicted octanol–water partition coefficient (Wildman–Crippen LogP) is 2.88. The van der Waals surface area contributed by atoms with E-state index >= 15 is 0 Å². The van der Waals surface area contributed by atoms with E-state index in [0.29, 0.717) is 30.9 Å². The molecule has 0 unspecified atom stereocenters. The van der Waals surface area contributed by atoms with Gasteiger partial charge in [0.25, 0.3) is 0 Å². The number of anilines is 1. The first-order valence-corrected chi connectivity index (χ1v) is 10.6. The van der Waals surface area contributed by atoms with Crippen molar-refractivity contribution in [3.05, 3.63) is 48.3 Å². The van der Waals surface area contributed by atoms with Crippen molar-refractivity contribution in [3.8, 4) is 11.5 Å². The van der Waals surface area contributed by atoms with E-state index in [9.17, 15) is 17.6 Å². The lowest BCUT2D eigenvalue weighted by molar-refractivity contribution is -0.120. The lowest BCUT2D eigenvalue weighted by Gasteiger charge is -2.31. The van der Waals surface area contributed by atoms with Gasteiger partial charge in [0.05, 0.1) is 30.7 Å². The summed E-state index contributed by atoms with van der Waals surface area (Å²) >= 11 is 0. The van der Waals surface area contributed by atoms with Crippen LogP contribution in [0.5, 0.6) is 11.5 Å². The number of amides is 1. The second kappa shape index (κ2) is 8.79. The number of nitrogens with one attached hydrogen (secondary N) is 1. The number of para-hydroxylation sites is 1. The number of hydrogen-bond acceptors (Lipinski definition) is 5. The van der Waals surface area contributed by atoms with Crippen LogP contribution >= 0.6 is 0 Å². The zero-order valence-corrected chi connectivity index (χ0v) is 17.0. The van der Waals surface area contributed by atoms with E-state index in [1.807, 2.05) is 0 Å². The number of methoxy groups -OCH3 is 2. The summed E-state index contributed by atoms with van der Waals surface area (Å²) < 4.78 is 51.6. The van der Waals surface area contributed by atoms with Crippen LogP contribution in [0.25, 0.3) is 0 Å². The first kappa shape index (κ1) is 21.1. The van der Waals surface area contributed by atoms with Crippen molar-refractivity contribution in [2.75, 3.05) is 32.6 Å². The van der Waals surface area contributed by atoms with Crippen LogP contribution in [0.2, 0.25) is 0 Å². The molecule has 7 nitrogen and oxygen atoms in total. The summed E-state index contributed by atoms with van der Waals surface area (Å²) in [7, 11) is -0.927. The van der Waals surface area contributed by atoms with Crippen LogP contribution in [-0.4, -0.2) is 45.9 Å². The molecule has 0 radical (unpaired) electrons. The molecule has 0 spiro atoms. The van der Waals surface area contributed by atoms with Crippen molar-refractivity contribution in [2.45, 2.75) is 17.7 Å². The quantitative estimate of drug-likeness (QED) is 0.774. The number of sulfonamides is 1. The van der Waals surface area contributed by atoms with Gasteiger partial charge < -0.3 is 14.8 Å². The number of halogens is 1. The minimum atomic E-state index is -3.82. The molecule has 1 saturated heterocycles. The van der Waals surface area contributed by atoms with Gasteiger partial charge in [-0.2, -0.15) is 4.31 Å². The molecular weight excluding hydrogens is 399 g/mol. The van der Waals surface area contributed by atoms with Gasteiger partial charge in [-0.3, -0.25) is 4.79 Å². The van der Waals surface area contributed by atoms with Crippen molar-refractivity contribution < 1.29 is 27.1 Å². The minimum absolute atomic E-state index is 0.0248. The number of carbonyl (C=O) groups is 1. The molecule has 9 heteroatoms. The molecule has 0 bridgehead atoms. The molecule has 0 aliphatic carbocycles. The highest BCUT2D eigenvalue weighted by Crippen LogP contribution is 2.32. The minimum Gasteiger partial charge on any atom is -0.493 e. The molecule has 1 N–H and O–H groups in total. The molecule has 156 valence electrons. The number of nitrogens with zero attached hydrogens (tertiary/aromatic N) is 1. The molecule has 3 rings (SSSR count). The van der Waals surface area contributed by atoms with Gasteiger partial charge in [-0.25, -0.2) is 12.8 Å². The Labute approximate surface area is 169 Å². The summed E-state index contributed by atoms with van der Waals surface area (Å²) in [5.41, 5.74) is 0.0809. The number of benzene rings is 2. The van der Waals surface area contributed by atoms with Gasteiger partial charge in [0.15, 0.2) is 11.5 Å². The fraction of sp³-hybridized carbons (Fsp3) is 0.350. The molecule has 0 saturated carbocycles. The first-order valence-electron chi connectivity index (χ1n) is 9.14. The summed E-state index contributed by atoms with van der Waals surface area (Å²) in [5.74, 6) is -0.779. The summed E-state index contributed by atoms with van der Waals surface area (Å²) in [4.78, 5) is 12.6. The second-order valence-corrected chi connectivity index (χ2v) is 8.63. The second-order valence-electron chi connectivity index (χ2n) is 6.69. The van der Waals surface area contributed by atoms with E-state index < -0.39 is 27.7 Å². The average molecular weight is 422 g/mol. The molecule has 1 heterocycles. The van der Waals surface area contributed by atoms with Gasteiger partial charge in [0, 0.05) is 19.2 Å². The van der Waals surface area contributed by atoms with Crippen LogP contribution in [0.1, 0.15) is 12.8 Å². The van der Waals surface area contributed by atoms with Crippen LogP contribution < -0.4 is 14.8 Å². The summed E-state index contributed by atoms with van der Waals surface area (Å²) in [6.45, 7) is 0.330. The zero-order valence-electron chi connectivity index (χ0n) is 16.2. The maximum atomic E-state index is 13.8. The molecule has 1 atom stereocenters. The van der Waals surface area contributed by atoms with Crippen LogP contribution in [0, 0.1) is 11.7 Å². The number of rotatable bonds is 6. The topological polar surface area (TPSA) is 84.9 Å². The SMILES string of the molecule is COc1ccc(S(=O)(=O)N2CCC[C@H](C(=O)Nc3ccccc3F)C2)cc1OC. The molecular formula is C20H23FN2O5S. The Balaban J connectivity index is 1.77. The number of carbonyl (C=O) groups excluding carboxylic acids is 1. The Morgan fingerprint density at radius 2 is 1.86 bits per heavy atom. The highest BCUT2D eigenvalue weighted by atomic mass is 32.2. The molecule has 1 aliphatic rings. The Hall–Kier alpha value is -2.65. The summed E-state index contributed by atoms with van der Waals surface area (Å²) in [6, 6.07) is 10.2. The lowest BCUT2D eigenvalue weighted by Crippen LogP contribution is -2.43. The van der Waals surface area contributed by atoms with Crippen LogP contribution in [0.3, 0.4) is 0 Å². The van der Waals surface area contributed by atoms with E-state index in [1.54, 1.807) is 6.07 Å². The summed E-state index contributed by atoms with van der Waals surface area (Å²) in [6.07, 6.45) is 1.06. The van der Waals surface area contributed by atoms with Crippen molar-refractivity contribution >= 4 is 21.6 Å². The standard InChI is InChI=1S/C20H23FN2O5S/c1-27-18-10-9-15(12-19(18)28-2)29(25,26)23-11-5-6-14(13-23)20(24)22-17-8-4-3-7-16(17)21/h3-4,7-10,12,14H,5-6,11,13H2,1-2H3,(H,22,24)/t14-/m0/s1. The third-order valence-electron chi connectivity index (χ3n) is 4.88. The molecule has 2 aromatic rings. The fourth-order valence-corrected chi connectivity index (χ4v) is 4.84. The van der Waals surface area contributed by atoms with Gasteiger partial charge in [-0.15, -0.1) is 0 Å². The van der Waals surface area contributed by atoms with E-state index in [4.69, 9.17) is 9.47 Å². The Kier molecular flexibility index (Phi) is 6.39. The van der Waals surface area contributed by atoms with Gasteiger partial charge in [-0.1, -0.05) is 12.1 Å². The third-order valence-corrected chi connectivity index (χ3v) is 6.74. The third kappa shape index (κ3) is 4.51. The highest BCUT2D eigenvalue weighted by Gasteiger charge is 2.34. The lowest BCUT2D eigenvalue weighted by atomic mass is 9.98. The van der Waals surface area contributed by atoms with E-state index in [1.165, 1.54) is 54.9 Å². The van der Waals surface area contributed by atoms with E-state index in [2.05, 4.69) is 5.32 Å². The maximum Gasteiger partial charge on any atom is 0.243 e. The number of hydrogen-bond donors (Lipinski definition) is 1. The van der Waals surface area contributed by atoms with Gasteiger partial charge in [0.1, 0.15) is 5.82 Å². The van der Waals surface area contributed by atoms with Crippen molar-refractivity contribution in [1.82, 2.24) is 4.31 Å². The fourth-order valence-electron chi connectivity index (χ4n) is 3.30. The van der Waals surface area contributed by atoms with Crippen LogP contribution in [-0.2, 0) is 14.8 Å². The highest BCUT2D eigenvalue weighted by molar-refractivity contribution is 7.89. The van der Waals surface area contributed by atoms with E-state index in [0.717, 1.165) is 0 Å². The van der Waals surface area contributed by atoms with Crippen molar-refractivity contribution in [1.29, 1.82) is 0 Å². The van der Waals surface area contributed by atoms with E-state index in [-0.39, 0.29) is 17.1 Å². The average Bonchev–Trinajstić information content (AvgIpc) is 2.74. The Morgan fingerprint density at radius 1 is 1.14 bits per heavy atom. The first-order chi connectivity index (χ1) is 13.9. The van der Waals surface area contributed by atoms with Gasteiger partial charge in [-0.05, 0) is 37.1 Å². The zero-order chi connectivity index (χ0) is 21.0. The normalized spacial score (nSPS) is 17.6. The van der Waals surface area contributed by atoms with Crippen molar-refractivity contribution in [3.63, 3.8) is 0 Å². The van der Waals surface area contributed by atoms with Crippen molar-refractivity contribution in [2.24, 2.45) is 5.92 Å². The van der Waals surface area contributed by atoms with Crippen LogP contribution in [0.4, 0.5) is 10.1 Å². The molecule has 29 heavy (non-hydrogen) atoms. The maximum absolute atomic E-state index is 13.8. The van der Waals surface area contributed by atoms with Gasteiger partial charge in [0.2, 0.25) is 15.9 Å². The monoisotopic (exact) mass is 422 g/mol. The Morgan fingerprint density at radius 3 is 2.55 bits per heavy atom. The van der Waals surface area contributed by atoms with Crippen LogP contribution in [0.15, 0.2) is 47.4 Å². The molecule has 2 aromatic carbocycles. The smallest absolute Gasteiger partial charge is 0.243 e. The molecule has 1 amide bonds. The molecule has 1 fully saturated rings. The Bertz CT molecular complexity index is 996. The molecule has 0 aromatic heterocycles. The number of piperidine rings is 1. The summed E-state index contributed by atoms with van der Waals surface area (Å²) in [5, 5.41) is 2.55. The predicted molar refractivity (Wildman–Crippen MR) is 106 cm³/mol. The van der Waals surface area contributed by atoms with Gasteiger partial charge >= 0.3 is 0 Å². The molecule has 1 aliphatic heterocycles. The number of ether oxygens (including phenoxy) is 2. The largest absolute Gasteiger partial charge is 0.493 e.